The van der Waals surface area contributed by atoms with Crippen molar-refractivity contribution in [1.82, 2.24) is 0 Å². The van der Waals surface area contributed by atoms with Crippen molar-refractivity contribution in [3.8, 4) is 0 Å². The largest absolute Gasteiger partial charge is 0.726 e. The van der Waals surface area contributed by atoms with Crippen LogP contribution in [0.4, 0.5) is 0 Å². The highest BCUT2D eigenvalue weighted by Crippen LogP contribution is 2.31. The van der Waals surface area contributed by atoms with Gasteiger partial charge in [-0.3, -0.25) is 4.18 Å². The number of hydrogen-bond donors (Lipinski definition) is 1. The highest BCUT2D eigenvalue weighted by atomic mass is 32.3. The number of hydrogen-bond acceptors (Lipinski definition) is 4. The fourth-order valence-electron chi connectivity index (χ4n) is 2.49. The van der Waals surface area contributed by atoms with Gasteiger partial charge in [0.25, 0.3) is 0 Å². The van der Waals surface area contributed by atoms with Gasteiger partial charge in [0.05, 0.1) is 0 Å². The van der Waals surface area contributed by atoms with Crippen LogP contribution in [0.1, 0.15) is 79.1 Å². The Morgan fingerprint density at radius 2 is 1.55 bits per heavy atom. The molecule has 6 heteroatoms. The van der Waals surface area contributed by atoms with E-state index in [9.17, 15) is 13.0 Å². The topological polar surface area (TPSA) is 94.1 Å². The summed E-state index contributed by atoms with van der Waals surface area (Å²) in [5.74, 6) is 0. The zero-order valence-corrected chi connectivity index (χ0v) is 14.2. The maximum Gasteiger partial charge on any atom is 0.218 e. The molecule has 0 bridgehead atoms. The van der Waals surface area contributed by atoms with Gasteiger partial charge in [-0.25, -0.2) is 8.42 Å². The molecule has 0 aromatic heterocycles. The molecule has 0 fully saturated rings. The third-order valence-electron chi connectivity index (χ3n) is 4.27. The van der Waals surface area contributed by atoms with Gasteiger partial charge >= 0.3 is 0 Å². The summed E-state index contributed by atoms with van der Waals surface area (Å²) in [5, 5.41) is 0. The molecular formula is C14H31NO4S. The van der Waals surface area contributed by atoms with Gasteiger partial charge in [-0.05, 0) is 20.3 Å². The van der Waals surface area contributed by atoms with Crippen LogP contribution in [0.2, 0.25) is 0 Å². The van der Waals surface area contributed by atoms with Gasteiger partial charge in [0, 0.05) is 12.8 Å². The lowest BCUT2D eigenvalue weighted by Crippen LogP contribution is -2.81. The van der Waals surface area contributed by atoms with Crippen molar-refractivity contribution in [2.75, 3.05) is 0 Å². The van der Waals surface area contributed by atoms with Crippen LogP contribution in [0.15, 0.2) is 0 Å². The summed E-state index contributed by atoms with van der Waals surface area (Å²) in [7, 11) is -4.71. The first-order valence-electron chi connectivity index (χ1n) is 7.60. The molecule has 0 amide bonds. The second kappa shape index (κ2) is 8.32. The second-order valence-corrected chi connectivity index (χ2v) is 7.14. The first kappa shape index (κ1) is 19.8. The Kier molecular flexibility index (Phi) is 8.25. The van der Waals surface area contributed by atoms with Crippen molar-refractivity contribution in [2.24, 2.45) is 0 Å². The minimum absolute atomic E-state index is 0.560. The van der Waals surface area contributed by atoms with E-state index in [1.807, 2.05) is 6.92 Å². The van der Waals surface area contributed by atoms with E-state index in [-0.39, 0.29) is 0 Å². The van der Waals surface area contributed by atoms with Crippen LogP contribution in [0.5, 0.6) is 0 Å². The Labute approximate surface area is 124 Å². The lowest BCUT2D eigenvalue weighted by molar-refractivity contribution is -0.510. The highest BCUT2D eigenvalue weighted by molar-refractivity contribution is 7.80. The van der Waals surface area contributed by atoms with Crippen molar-refractivity contribution in [2.45, 2.75) is 90.2 Å². The van der Waals surface area contributed by atoms with E-state index < -0.39 is 21.5 Å². The molecule has 20 heavy (non-hydrogen) atoms. The maximum atomic E-state index is 10.9. The van der Waals surface area contributed by atoms with Crippen molar-refractivity contribution in [3.05, 3.63) is 0 Å². The molecular weight excluding hydrogens is 278 g/mol. The van der Waals surface area contributed by atoms with Crippen LogP contribution in [0.3, 0.4) is 0 Å². The predicted molar refractivity (Wildman–Crippen MR) is 78.8 cm³/mol. The van der Waals surface area contributed by atoms with Crippen LogP contribution >= 0.6 is 0 Å². The number of quaternary nitrogens is 1. The molecule has 0 saturated heterocycles. The normalized spacial score (nSPS) is 16.1. The molecule has 122 valence electrons. The lowest BCUT2D eigenvalue weighted by Gasteiger charge is -2.40. The second-order valence-electron chi connectivity index (χ2n) is 6.15. The Morgan fingerprint density at radius 3 is 2.00 bits per heavy atom. The standard InChI is InChI=1S/C14H31NO4S/c1-5-7-8-9-10-11-12-14(15,6-2)13(3,4)19-20(16,17)18/h5-12,15H2,1-4H3,(H,16,17,18). The van der Waals surface area contributed by atoms with Gasteiger partial charge in [-0.1, -0.05) is 46.0 Å². The molecule has 0 saturated carbocycles. The van der Waals surface area contributed by atoms with Crippen LogP contribution in [0, 0.1) is 0 Å². The van der Waals surface area contributed by atoms with Crippen molar-refractivity contribution in [1.29, 1.82) is 0 Å². The van der Waals surface area contributed by atoms with Gasteiger partial charge in [0.1, 0.15) is 11.1 Å². The molecule has 5 nitrogen and oxygen atoms in total. The van der Waals surface area contributed by atoms with Crippen LogP contribution in [-0.2, 0) is 14.6 Å². The fourth-order valence-corrected chi connectivity index (χ4v) is 3.18. The van der Waals surface area contributed by atoms with E-state index in [0.717, 1.165) is 19.3 Å². The average Bonchev–Trinajstić information content (AvgIpc) is 2.30. The number of unbranched alkanes of at least 4 members (excludes halogenated alkanes) is 5. The van der Waals surface area contributed by atoms with E-state index in [1.54, 1.807) is 13.8 Å². The monoisotopic (exact) mass is 309 g/mol. The molecule has 0 aromatic carbocycles. The van der Waals surface area contributed by atoms with Crippen LogP contribution in [0.25, 0.3) is 0 Å². The van der Waals surface area contributed by atoms with E-state index >= 15 is 0 Å². The fraction of sp³-hybridized carbons (Fsp3) is 1.00. The van der Waals surface area contributed by atoms with Gasteiger partial charge in [-0.15, -0.1) is 0 Å². The molecule has 0 aliphatic rings. The van der Waals surface area contributed by atoms with Crippen molar-refractivity contribution in [3.63, 3.8) is 0 Å². The minimum Gasteiger partial charge on any atom is -0.726 e. The average molecular weight is 309 g/mol. The minimum atomic E-state index is -4.71. The summed E-state index contributed by atoms with van der Waals surface area (Å²) in [6, 6.07) is 0. The molecule has 3 N–H and O–H groups in total. The van der Waals surface area contributed by atoms with E-state index in [4.69, 9.17) is 4.18 Å². The molecule has 0 radical (unpaired) electrons. The summed E-state index contributed by atoms with van der Waals surface area (Å²) in [6.45, 7) is 7.40. The molecule has 0 rings (SSSR count). The molecule has 1 atom stereocenters. The maximum absolute atomic E-state index is 10.9. The van der Waals surface area contributed by atoms with Gasteiger partial charge in [0.15, 0.2) is 0 Å². The van der Waals surface area contributed by atoms with Crippen LogP contribution < -0.4 is 5.73 Å². The van der Waals surface area contributed by atoms with Gasteiger partial charge in [0.2, 0.25) is 10.4 Å². The molecule has 0 heterocycles. The molecule has 0 spiro atoms. The zero-order chi connectivity index (χ0) is 15.9. The first-order valence-corrected chi connectivity index (χ1v) is 8.93. The molecule has 0 aliphatic carbocycles. The Hall–Kier alpha value is -0.170. The summed E-state index contributed by atoms with van der Waals surface area (Å²) >= 11 is 0. The van der Waals surface area contributed by atoms with Crippen molar-refractivity contribution < 1.29 is 22.9 Å². The smallest absolute Gasteiger partial charge is 0.218 e. The summed E-state index contributed by atoms with van der Waals surface area (Å²) < 4.78 is 37.3. The Balaban J connectivity index is 4.44. The first-order chi connectivity index (χ1) is 9.08. The zero-order valence-electron chi connectivity index (χ0n) is 13.4. The lowest BCUT2D eigenvalue weighted by atomic mass is 9.77. The summed E-state index contributed by atoms with van der Waals surface area (Å²) in [6.07, 6.45) is 8.42. The van der Waals surface area contributed by atoms with Gasteiger partial charge in [-0.2, -0.15) is 0 Å². The van der Waals surface area contributed by atoms with E-state index in [2.05, 4.69) is 12.7 Å². The summed E-state index contributed by atoms with van der Waals surface area (Å²) in [4.78, 5) is 0. The number of rotatable bonds is 11. The van der Waals surface area contributed by atoms with Crippen molar-refractivity contribution >= 4 is 10.4 Å². The van der Waals surface area contributed by atoms with Crippen LogP contribution in [-0.4, -0.2) is 24.1 Å². The Bertz CT molecular complexity index is 367. The molecule has 0 aliphatic heterocycles. The third-order valence-corrected chi connectivity index (χ3v) is 4.89. The van der Waals surface area contributed by atoms with E-state index in [1.165, 1.54) is 25.7 Å². The highest BCUT2D eigenvalue weighted by Gasteiger charge is 2.46. The quantitative estimate of drug-likeness (QED) is 0.360. The SMILES string of the molecule is CCCCCCCCC([NH3+])(CC)C(C)(C)OS(=O)(=O)[O-]. The molecule has 0 aromatic rings. The summed E-state index contributed by atoms with van der Waals surface area (Å²) in [5.41, 5.74) is 2.51. The van der Waals surface area contributed by atoms with Gasteiger partial charge < -0.3 is 10.3 Å². The molecule has 1 unspecified atom stereocenters. The Morgan fingerprint density at radius 1 is 1.05 bits per heavy atom. The third kappa shape index (κ3) is 7.02. The predicted octanol–water partition coefficient (Wildman–Crippen LogP) is 2.38. The van der Waals surface area contributed by atoms with E-state index in [0.29, 0.717) is 6.42 Å².